The third-order valence-corrected chi connectivity index (χ3v) is 4.74. The lowest BCUT2D eigenvalue weighted by Gasteiger charge is -2.22. The van der Waals surface area contributed by atoms with Gasteiger partial charge in [-0.15, -0.1) is 0 Å². The second-order valence-electron chi connectivity index (χ2n) is 5.95. The van der Waals surface area contributed by atoms with Gasteiger partial charge in [0, 0.05) is 19.3 Å². The van der Waals surface area contributed by atoms with Gasteiger partial charge in [0.25, 0.3) is 0 Å². The second kappa shape index (κ2) is 7.38. The molecule has 2 fully saturated rings. The van der Waals surface area contributed by atoms with E-state index in [0.29, 0.717) is 0 Å². The molecule has 0 aromatic heterocycles. The van der Waals surface area contributed by atoms with Crippen molar-refractivity contribution in [3.05, 3.63) is 0 Å². The van der Waals surface area contributed by atoms with Crippen LogP contribution in [0.4, 0.5) is 0 Å². The van der Waals surface area contributed by atoms with Crippen LogP contribution in [0.5, 0.6) is 0 Å². The first-order chi connectivity index (χ1) is 8.40. The molecule has 0 amide bonds. The van der Waals surface area contributed by atoms with E-state index in [0.717, 1.165) is 31.1 Å². The minimum atomic E-state index is 0.758. The monoisotopic (exact) mass is 239 g/mol. The molecular weight excluding hydrogens is 210 g/mol. The van der Waals surface area contributed by atoms with Crippen molar-refractivity contribution >= 4 is 0 Å². The molecule has 100 valence electrons. The van der Waals surface area contributed by atoms with Crippen molar-refractivity contribution in [1.29, 1.82) is 0 Å². The number of nitrogens with one attached hydrogen (secondary N) is 1. The zero-order valence-corrected chi connectivity index (χ0v) is 11.4. The molecule has 0 aromatic rings. The molecular formula is C15H29NO. The minimum Gasteiger partial charge on any atom is -0.381 e. The summed E-state index contributed by atoms with van der Waals surface area (Å²) in [6.45, 7) is 2.01. The van der Waals surface area contributed by atoms with Crippen LogP contribution in [0.3, 0.4) is 0 Å². The summed E-state index contributed by atoms with van der Waals surface area (Å²) in [5, 5.41) is 3.45. The van der Waals surface area contributed by atoms with Crippen LogP contribution in [-0.2, 0) is 4.74 Å². The van der Waals surface area contributed by atoms with E-state index in [1.165, 1.54) is 57.8 Å². The Morgan fingerprint density at radius 1 is 1.00 bits per heavy atom. The van der Waals surface area contributed by atoms with E-state index in [1.54, 1.807) is 0 Å². The lowest BCUT2D eigenvalue weighted by atomic mass is 9.90. The Hall–Kier alpha value is -0.0800. The Morgan fingerprint density at radius 2 is 1.82 bits per heavy atom. The van der Waals surface area contributed by atoms with Gasteiger partial charge in [-0.3, -0.25) is 0 Å². The Labute approximate surface area is 107 Å². The fourth-order valence-electron chi connectivity index (χ4n) is 3.60. The summed E-state index contributed by atoms with van der Waals surface area (Å²) in [6.07, 6.45) is 12.5. The Balaban J connectivity index is 1.53. The van der Waals surface area contributed by atoms with Crippen molar-refractivity contribution in [3.63, 3.8) is 0 Å². The molecule has 0 spiro atoms. The second-order valence-corrected chi connectivity index (χ2v) is 5.95. The zero-order valence-electron chi connectivity index (χ0n) is 11.4. The Bertz CT molecular complexity index is 201. The maximum absolute atomic E-state index is 5.90. The van der Waals surface area contributed by atoms with Crippen LogP contribution < -0.4 is 5.32 Å². The number of ether oxygens (including phenoxy) is 1. The highest BCUT2D eigenvalue weighted by atomic mass is 16.5. The Kier molecular flexibility index (Phi) is 5.79. The molecule has 17 heavy (non-hydrogen) atoms. The third kappa shape index (κ3) is 4.26. The molecule has 2 aliphatic rings. The van der Waals surface area contributed by atoms with Gasteiger partial charge in [-0.25, -0.2) is 0 Å². The molecule has 0 heterocycles. The summed E-state index contributed by atoms with van der Waals surface area (Å²) in [7, 11) is 2.10. The average Bonchev–Trinajstić information content (AvgIpc) is 2.83. The van der Waals surface area contributed by atoms with E-state index in [4.69, 9.17) is 4.74 Å². The van der Waals surface area contributed by atoms with Gasteiger partial charge in [0.2, 0.25) is 0 Å². The van der Waals surface area contributed by atoms with Crippen molar-refractivity contribution < 1.29 is 4.74 Å². The van der Waals surface area contributed by atoms with Gasteiger partial charge in [0.1, 0.15) is 0 Å². The normalized spacial score (nSPS) is 30.9. The molecule has 2 nitrogen and oxygen atoms in total. The van der Waals surface area contributed by atoms with E-state index in [2.05, 4.69) is 12.4 Å². The van der Waals surface area contributed by atoms with Crippen LogP contribution >= 0.6 is 0 Å². The van der Waals surface area contributed by atoms with Crippen molar-refractivity contribution in [3.8, 4) is 0 Å². The van der Waals surface area contributed by atoms with E-state index in [9.17, 15) is 0 Å². The molecule has 0 aliphatic heterocycles. The summed E-state index contributed by atoms with van der Waals surface area (Å²) in [6, 6.07) is 0.758. The maximum atomic E-state index is 5.90. The summed E-state index contributed by atoms with van der Waals surface area (Å²) in [5.74, 6) is 1.73. The standard InChI is InChI=1S/C15H29NO/c1-16-15-9-5-8-14(15)10-11-17-12-13-6-3-2-4-7-13/h13-16H,2-12H2,1H3. The lowest BCUT2D eigenvalue weighted by molar-refractivity contribution is 0.0743. The first-order valence-corrected chi connectivity index (χ1v) is 7.65. The van der Waals surface area contributed by atoms with Crippen molar-refractivity contribution in [1.82, 2.24) is 5.32 Å². The van der Waals surface area contributed by atoms with Gasteiger partial charge in [-0.2, -0.15) is 0 Å². The molecule has 2 rings (SSSR count). The van der Waals surface area contributed by atoms with E-state index >= 15 is 0 Å². The molecule has 2 heteroatoms. The number of rotatable bonds is 6. The fourth-order valence-corrected chi connectivity index (χ4v) is 3.60. The van der Waals surface area contributed by atoms with Crippen LogP contribution in [0.15, 0.2) is 0 Å². The first kappa shape index (κ1) is 13.4. The van der Waals surface area contributed by atoms with Crippen LogP contribution in [0.2, 0.25) is 0 Å². The molecule has 2 atom stereocenters. The summed E-state index contributed by atoms with van der Waals surface area (Å²) >= 11 is 0. The van der Waals surface area contributed by atoms with Gasteiger partial charge >= 0.3 is 0 Å². The summed E-state index contributed by atoms with van der Waals surface area (Å²) in [4.78, 5) is 0. The topological polar surface area (TPSA) is 21.3 Å². The molecule has 2 saturated carbocycles. The minimum absolute atomic E-state index is 0.758. The van der Waals surface area contributed by atoms with Gasteiger partial charge < -0.3 is 10.1 Å². The van der Waals surface area contributed by atoms with E-state index < -0.39 is 0 Å². The highest BCUT2D eigenvalue weighted by Crippen LogP contribution is 2.28. The fraction of sp³-hybridized carbons (Fsp3) is 1.00. The Morgan fingerprint density at radius 3 is 2.59 bits per heavy atom. The smallest absolute Gasteiger partial charge is 0.0494 e. The quantitative estimate of drug-likeness (QED) is 0.718. The van der Waals surface area contributed by atoms with Crippen LogP contribution in [0, 0.1) is 11.8 Å². The predicted octanol–water partition coefficient (Wildman–Crippen LogP) is 3.36. The lowest BCUT2D eigenvalue weighted by Crippen LogP contribution is -2.29. The van der Waals surface area contributed by atoms with Gasteiger partial charge in [0.05, 0.1) is 0 Å². The van der Waals surface area contributed by atoms with Crippen molar-refractivity contribution in [2.75, 3.05) is 20.3 Å². The molecule has 0 saturated heterocycles. The third-order valence-electron chi connectivity index (χ3n) is 4.74. The van der Waals surface area contributed by atoms with E-state index in [-0.39, 0.29) is 0 Å². The van der Waals surface area contributed by atoms with Crippen LogP contribution in [0.25, 0.3) is 0 Å². The van der Waals surface area contributed by atoms with Crippen LogP contribution in [-0.4, -0.2) is 26.3 Å². The molecule has 2 aliphatic carbocycles. The van der Waals surface area contributed by atoms with Gasteiger partial charge in [-0.05, 0) is 51.0 Å². The highest BCUT2D eigenvalue weighted by molar-refractivity contribution is 4.81. The van der Waals surface area contributed by atoms with Crippen molar-refractivity contribution in [2.24, 2.45) is 11.8 Å². The maximum Gasteiger partial charge on any atom is 0.0494 e. The molecule has 0 aromatic carbocycles. The van der Waals surface area contributed by atoms with Gasteiger partial charge in [0.15, 0.2) is 0 Å². The first-order valence-electron chi connectivity index (χ1n) is 7.65. The van der Waals surface area contributed by atoms with Crippen molar-refractivity contribution in [2.45, 2.75) is 63.8 Å². The number of hydrogen-bond acceptors (Lipinski definition) is 2. The summed E-state index contributed by atoms with van der Waals surface area (Å²) < 4.78 is 5.90. The van der Waals surface area contributed by atoms with Crippen LogP contribution in [0.1, 0.15) is 57.8 Å². The average molecular weight is 239 g/mol. The molecule has 0 radical (unpaired) electrons. The molecule has 1 N–H and O–H groups in total. The summed E-state index contributed by atoms with van der Waals surface area (Å²) in [5.41, 5.74) is 0. The highest BCUT2D eigenvalue weighted by Gasteiger charge is 2.25. The largest absolute Gasteiger partial charge is 0.381 e. The molecule has 2 unspecified atom stereocenters. The SMILES string of the molecule is CNC1CCCC1CCOCC1CCCCC1. The van der Waals surface area contributed by atoms with Gasteiger partial charge in [-0.1, -0.05) is 25.7 Å². The predicted molar refractivity (Wildman–Crippen MR) is 72.2 cm³/mol. The van der Waals surface area contributed by atoms with E-state index in [1.807, 2.05) is 0 Å². The molecule has 0 bridgehead atoms. The zero-order chi connectivity index (χ0) is 11.9. The number of hydrogen-bond donors (Lipinski definition) is 1.